The van der Waals surface area contributed by atoms with Gasteiger partial charge in [0, 0.05) is 12.3 Å². The van der Waals surface area contributed by atoms with E-state index < -0.39 is 6.67 Å². The molecule has 1 radical (unpaired) electrons. The highest BCUT2D eigenvalue weighted by Gasteiger charge is 1.93. The van der Waals surface area contributed by atoms with Gasteiger partial charge in [0.1, 0.15) is 19.0 Å². The molecule has 0 amide bonds. The number of hydrogen-bond acceptors (Lipinski definition) is 4. The second kappa shape index (κ2) is 9.06. The molecule has 1 rings (SSSR count). The third-order valence-corrected chi connectivity index (χ3v) is 1.67. The number of pyridine rings is 1. The van der Waals surface area contributed by atoms with Gasteiger partial charge in [-0.2, -0.15) is 0 Å². The van der Waals surface area contributed by atoms with Gasteiger partial charge in [0.05, 0.1) is 32.6 Å². The molecular weight excluding hydrogens is 213 g/mol. The van der Waals surface area contributed by atoms with Gasteiger partial charge in [-0.3, -0.25) is 4.98 Å². The van der Waals surface area contributed by atoms with Crippen molar-refractivity contribution in [3.05, 3.63) is 24.5 Å². The molecular formula is C11H15FNO3. The van der Waals surface area contributed by atoms with E-state index in [-0.39, 0.29) is 6.61 Å². The topological polar surface area (TPSA) is 40.6 Å². The molecule has 89 valence electrons. The number of rotatable bonds is 9. The van der Waals surface area contributed by atoms with Crippen molar-refractivity contribution in [2.75, 3.05) is 39.7 Å². The molecule has 5 heteroatoms. The van der Waals surface area contributed by atoms with Gasteiger partial charge in [-0.05, 0) is 6.07 Å². The molecule has 0 aliphatic carbocycles. The van der Waals surface area contributed by atoms with Crippen LogP contribution in [-0.2, 0) is 9.47 Å². The van der Waals surface area contributed by atoms with Gasteiger partial charge in [0.25, 0.3) is 0 Å². The largest absolute Gasteiger partial charge is 0.490 e. The first-order valence-corrected chi connectivity index (χ1v) is 5.09. The van der Waals surface area contributed by atoms with Crippen molar-refractivity contribution in [3.8, 4) is 5.75 Å². The summed E-state index contributed by atoms with van der Waals surface area (Å²) in [5.74, 6) is 0.666. The maximum atomic E-state index is 11.6. The van der Waals surface area contributed by atoms with Crippen molar-refractivity contribution < 1.29 is 18.6 Å². The SMILES string of the molecule is FCCOCCOCCOc1c[c]cnc1. The number of ether oxygens (including phenoxy) is 3. The maximum Gasteiger partial charge on any atom is 0.138 e. The predicted molar refractivity (Wildman–Crippen MR) is 56.2 cm³/mol. The quantitative estimate of drug-likeness (QED) is 0.597. The molecule has 0 fully saturated rings. The normalized spacial score (nSPS) is 10.3. The summed E-state index contributed by atoms with van der Waals surface area (Å²) in [6.07, 6.45) is 3.17. The Morgan fingerprint density at radius 3 is 2.56 bits per heavy atom. The number of nitrogens with zero attached hydrogens (tertiary/aromatic N) is 1. The Bertz CT molecular complexity index is 259. The van der Waals surface area contributed by atoms with Crippen LogP contribution in [0.5, 0.6) is 5.75 Å². The van der Waals surface area contributed by atoms with E-state index >= 15 is 0 Å². The van der Waals surface area contributed by atoms with Crippen molar-refractivity contribution in [1.82, 2.24) is 4.98 Å². The molecule has 4 nitrogen and oxygen atoms in total. The van der Waals surface area contributed by atoms with Gasteiger partial charge in [-0.1, -0.05) is 0 Å². The van der Waals surface area contributed by atoms with Gasteiger partial charge in [-0.25, -0.2) is 4.39 Å². The van der Waals surface area contributed by atoms with E-state index in [1.807, 2.05) is 0 Å². The Morgan fingerprint density at radius 2 is 1.88 bits per heavy atom. The number of aromatic nitrogens is 1. The fourth-order valence-electron chi connectivity index (χ4n) is 0.984. The van der Waals surface area contributed by atoms with Crippen LogP contribution in [0.2, 0.25) is 0 Å². The van der Waals surface area contributed by atoms with Crippen LogP contribution in [0.15, 0.2) is 18.5 Å². The molecule has 16 heavy (non-hydrogen) atoms. The summed E-state index contributed by atoms with van der Waals surface area (Å²) < 4.78 is 27.0. The van der Waals surface area contributed by atoms with E-state index in [1.54, 1.807) is 18.5 Å². The summed E-state index contributed by atoms with van der Waals surface area (Å²) in [6.45, 7) is 1.44. The zero-order chi connectivity index (χ0) is 11.5. The minimum absolute atomic E-state index is 0.130. The average Bonchev–Trinajstić information content (AvgIpc) is 2.34. The first-order chi connectivity index (χ1) is 7.93. The predicted octanol–water partition coefficient (Wildman–Crippen LogP) is 1.26. The minimum atomic E-state index is -0.458. The van der Waals surface area contributed by atoms with Crippen LogP contribution in [0, 0.1) is 6.07 Å². The molecule has 0 unspecified atom stereocenters. The van der Waals surface area contributed by atoms with Gasteiger partial charge in [0.2, 0.25) is 0 Å². The van der Waals surface area contributed by atoms with Crippen molar-refractivity contribution in [1.29, 1.82) is 0 Å². The van der Waals surface area contributed by atoms with Crippen molar-refractivity contribution >= 4 is 0 Å². The molecule has 0 aliphatic rings. The number of halogens is 1. The Morgan fingerprint density at radius 1 is 1.12 bits per heavy atom. The van der Waals surface area contributed by atoms with Crippen LogP contribution in [0.3, 0.4) is 0 Å². The molecule has 0 spiro atoms. The lowest BCUT2D eigenvalue weighted by atomic mass is 10.5. The van der Waals surface area contributed by atoms with E-state index in [0.29, 0.717) is 32.2 Å². The van der Waals surface area contributed by atoms with Crippen LogP contribution in [0.4, 0.5) is 4.39 Å². The molecule has 0 saturated carbocycles. The summed E-state index contributed by atoms with van der Waals surface area (Å²) in [7, 11) is 0. The lowest BCUT2D eigenvalue weighted by Crippen LogP contribution is -2.11. The molecule has 0 aliphatic heterocycles. The minimum Gasteiger partial charge on any atom is -0.490 e. The standard InChI is InChI=1S/C11H15FNO3/c12-3-5-14-6-7-15-8-9-16-11-2-1-4-13-10-11/h2,4,10H,3,5-9H2. The Balaban J connectivity index is 1.89. The highest BCUT2D eigenvalue weighted by atomic mass is 19.1. The van der Waals surface area contributed by atoms with Crippen LogP contribution in [0.1, 0.15) is 0 Å². The highest BCUT2D eigenvalue weighted by molar-refractivity contribution is 5.14. The summed E-state index contributed by atoms with van der Waals surface area (Å²) in [5, 5.41) is 0. The average molecular weight is 228 g/mol. The Kier molecular flexibility index (Phi) is 7.28. The van der Waals surface area contributed by atoms with Crippen molar-refractivity contribution in [3.63, 3.8) is 0 Å². The van der Waals surface area contributed by atoms with E-state index in [2.05, 4.69) is 11.1 Å². The zero-order valence-electron chi connectivity index (χ0n) is 9.02. The molecule has 0 atom stereocenters. The number of hydrogen-bond donors (Lipinski definition) is 0. The molecule has 0 N–H and O–H groups in total. The van der Waals surface area contributed by atoms with E-state index in [9.17, 15) is 4.39 Å². The Hall–Kier alpha value is -1.20. The van der Waals surface area contributed by atoms with E-state index in [0.717, 1.165) is 0 Å². The molecule has 1 heterocycles. The zero-order valence-corrected chi connectivity index (χ0v) is 9.02. The fourth-order valence-corrected chi connectivity index (χ4v) is 0.984. The third kappa shape index (κ3) is 6.31. The van der Waals surface area contributed by atoms with Crippen molar-refractivity contribution in [2.24, 2.45) is 0 Å². The number of alkyl halides is 1. The first-order valence-electron chi connectivity index (χ1n) is 5.09. The lowest BCUT2D eigenvalue weighted by Gasteiger charge is -2.06. The highest BCUT2D eigenvalue weighted by Crippen LogP contribution is 2.04. The van der Waals surface area contributed by atoms with Gasteiger partial charge in [-0.15, -0.1) is 0 Å². The first kappa shape index (κ1) is 12.9. The molecule has 0 saturated heterocycles. The third-order valence-electron chi connectivity index (χ3n) is 1.67. The smallest absolute Gasteiger partial charge is 0.138 e. The van der Waals surface area contributed by atoms with E-state index in [1.165, 1.54) is 0 Å². The summed E-state index contributed by atoms with van der Waals surface area (Å²) in [4.78, 5) is 3.86. The van der Waals surface area contributed by atoms with Crippen LogP contribution >= 0.6 is 0 Å². The van der Waals surface area contributed by atoms with Crippen LogP contribution in [0.25, 0.3) is 0 Å². The summed E-state index contributed by atoms with van der Waals surface area (Å²) in [5.41, 5.74) is 0. The van der Waals surface area contributed by atoms with Crippen LogP contribution < -0.4 is 4.74 Å². The molecule has 1 aromatic heterocycles. The molecule has 0 aromatic carbocycles. The second-order valence-electron chi connectivity index (χ2n) is 2.88. The van der Waals surface area contributed by atoms with Crippen LogP contribution in [-0.4, -0.2) is 44.7 Å². The fraction of sp³-hybridized carbons (Fsp3) is 0.545. The van der Waals surface area contributed by atoms with Gasteiger partial charge in [0.15, 0.2) is 0 Å². The lowest BCUT2D eigenvalue weighted by molar-refractivity contribution is 0.0325. The van der Waals surface area contributed by atoms with E-state index in [4.69, 9.17) is 14.2 Å². The monoisotopic (exact) mass is 228 g/mol. The van der Waals surface area contributed by atoms with Gasteiger partial charge >= 0.3 is 0 Å². The Labute approximate surface area is 94.3 Å². The van der Waals surface area contributed by atoms with Crippen molar-refractivity contribution in [2.45, 2.75) is 0 Å². The summed E-state index contributed by atoms with van der Waals surface area (Å²) in [6, 6.07) is 4.51. The molecule has 1 aromatic rings. The maximum absolute atomic E-state index is 11.6. The summed E-state index contributed by atoms with van der Waals surface area (Å²) >= 11 is 0. The van der Waals surface area contributed by atoms with Gasteiger partial charge < -0.3 is 14.2 Å². The molecule has 0 bridgehead atoms. The second-order valence-corrected chi connectivity index (χ2v) is 2.88.